The van der Waals surface area contributed by atoms with Gasteiger partial charge in [0.2, 0.25) is 0 Å². The summed E-state index contributed by atoms with van der Waals surface area (Å²) in [6.45, 7) is 0.210. The Morgan fingerprint density at radius 1 is 1.00 bits per heavy atom. The van der Waals surface area contributed by atoms with Crippen molar-refractivity contribution in [1.82, 2.24) is 0 Å². The van der Waals surface area contributed by atoms with E-state index in [2.05, 4.69) is 4.18 Å². The van der Waals surface area contributed by atoms with E-state index in [0.29, 0.717) is 6.61 Å². The lowest BCUT2D eigenvalue weighted by Crippen LogP contribution is -2.26. The van der Waals surface area contributed by atoms with E-state index in [-0.39, 0.29) is 19.6 Å². The fourth-order valence-corrected chi connectivity index (χ4v) is 2.63. The van der Waals surface area contributed by atoms with E-state index in [4.69, 9.17) is 8.92 Å². The standard InChI is InChI=1S/C13H20O7S2/c1-21(14,15)19-11-13(20-22(2,16)17)8-9-18-10-12-6-4-3-5-7-12/h3-7,13H,8-11H2,1-2H3. The molecule has 0 heterocycles. The van der Waals surface area contributed by atoms with Crippen LogP contribution in [0.25, 0.3) is 0 Å². The molecule has 0 saturated heterocycles. The first kappa shape index (κ1) is 19.0. The van der Waals surface area contributed by atoms with Crippen LogP contribution in [0, 0.1) is 0 Å². The van der Waals surface area contributed by atoms with E-state index in [1.807, 2.05) is 30.3 Å². The summed E-state index contributed by atoms with van der Waals surface area (Å²) in [6, 6.07) is 9.46. The first-order chi connectivity index (χ1) is 10.2. The van der Waals surface area contributed by atoms with Gasteiger partial charge in [-0.25, -0.2) is 0 Å². The molecule has 0 saturated carbocycles. The van der Waals surface area contributed by atoms with Crippen LogP contribution in [-0.2, 0) is 39.9 Å². The van der Waals surface area contributed by atoms with E-state index in [0.717, 1.165) is 18.1 Å². The number of hydrogen-bond donors (Lipinski definition) is 0. The highest BCUT2D eigenvalue weighted by molar-refractivity contribution is 7.86. The molecular weight excluding hydrogens is 332 g/mol. The SMILES string of the molecule is CS(=O)(=O)OCC(CCOCc1ccccc1)OS(C)(=O)=O. The summed E-state index contributed by atoms with van der Waals surface area (Å²) in [6.07, 6.45) is 1.05. The van der Waals surface area contributed by atoms with Crippen molar-refractivity contribution in [1.29, 1.82) is 0 Å². The molecule has 126 valence electrons. The predicted molar refractivity (Wildman–Crippen MR) is 81.2 cm³/mol. The number of rotatable bonds is 10. The average Bonchev–Trinajstić information content (AvgIpc) is 2.39. The third-order valence-electron chi connectivity index (χ3n) is 2.47. The van der Waals surface area contributed by atoms with Gasteiger partial charge in [-0.05, 0) is 5.56 Å². The molecule has 0 bridgehead atoms. The van der Waals surface area contributed by atoms with Gasteiger partial charge in [-0.1, -0.05) is 30.3 Å². The second-order valence-electron chi connectivity index (χ2n) is 4.74. The molecule has 0 fully saturated rings. The molecule has 0 N–H and O–H groups in total. The van der Waals surface area contributed by atoms with Crippen LogP contribution in [0.15, 0.2) is 30.3 Å². The van der Waals surface area contributed by atoms with Crippen LogP contribution < -0.4 is 0 Å². The third kappa shape index (κ3) is 9.85. The zero-order chi connectivity index (χ0) is 16.6. The van der Waals surface area contributed by atoms with E-state index in [9.17, 15) is 16.8 Å². The summed E-state index contributed by atoms with van der Waals surface area (Å²) in [5.74, 6) is 0. The number of benzene rings is 1. The Bertz CT molecular complexity index is 638. The highest BCUT2D eigenvalue weighted by Crippen LogP contribution is 2.07. The summed E-state index contributed by atoms with van der Waals surface area (Å²) in [7, 11) is -7.37. The molecule has 7 nitrogen and oxygen atoms in total. The molecule has 0 aliphatic carbocycles. The molecule has 9 heteroatoms. The van der Waals surface area contributed by atoms with Gasteiger partial charge in [-0.2, -0.15) is 16.8 Å². The first-order valence-corrected chi connectivity index (χ1v) is 10.1. The summed E-state index contributed by atoms with van der Waals surface area (Å²) in [5.41, 5.74) is 0.982. The highest BCUT2D eigenvalue weighted by atomic mass is 32.2. The summed E-state index contributed by atoms with van der Waals surface area (Å²) in [5, 5.41) is 0. The zero-order valence-electron chi connectivity index (χ0n) is 12.5. The molecule has 0 aliphatic rings. The molecule has 0 aromatic heterocycles. The largest absolute Gasteiger partial charge is 0.377 e. The molecule has 0 radical (unpaired) electrons. The third-order valence-corrected chi connectivity index (χ3v) is 3.66. The Labute approximate surface area is 131 Å². The summed E-state index contributed by atoms with van der Waals surface area (Å²) in [4.78, 5) is 0. The lowest BCUT2D eigenvalue weighted by atomic mass is 10.2. The van der Waals surface area contributed by atoms with Gasteiger partial charge < -0.3 is 4.74 Å². The zero-order valence-corrected chi connectivity index (χ0v) is 14.1. The quantitative estimate of drug-likeness (QED) is 0.456. The van der Waals surface area contributed by atoms with E-state index in [1.165, 1.54) is 0 Å². The fraction of sp³-hybridized carbons (Fsp3) is 0.538. The Morgan fingerprint density at radius 3 is 2.18 bits per heavy atom. The normalized spacial score (nSPS) is 13.9. The summed E-state index contributed by atoms with van der Waals surface area (Å²) < 4.78 is 59.0. The van der Waals surface area contributed by atoms with Crippen molar-refractivity contribution in [2.45, 2.75) is 19.1 Å². The number of hydrogen-bond acceptors (Lipinski definition) is 7. The van der Waals surface area contributed by atoms with Gasteiger partial charge >= 0.3 is 0 Å². The van der Waals surface area contributed by atoms with Crippen LogP contribution >= 0.6 is 0 Å². The molecule has 22 heavy (non-hydrogen) atoms. The molecular formula is C13H20O7S2. The van der Waals surface area contributed by atoms with Crippen LogP contribution in [0.3, 0.4) is 0 Å². The second kappa shape index (κ2) is 8.59. The van der Waals surface area contributed by atoms with Crippen LogP contribution in [0.1, 0.15) is 12.0 Å². The first-order valence-electron chi connectivity index (χ1n) is 6.50. The molecule has 1 unspecified atom stereocenters. The van der Waals surface area contributed by atoms with Crippen LogP contribution in [-0.4, -0.2) is 48.7 Å². The van der Waals surface area contributed by atoms with Gasteiger partial charge in [-0.15, -0.1) is 0 Å². The minimum Gasteiger partial charge on any atom is -0.377 e. The molecule has 0 spiro atoms. The lowest BCUT2D eigenvalue weighted by molar-refractivity contribution is 0.0665. The van der Waals surface area contributed by atoms with Crippen LogP contribution in [0.2, 0.25) is 0 Å². The average molecular weight is 352 g/mol. The monoisotopic (exact) mass is 352 g/mol. The van der Waals surface area contributed by atoms with Crippen molar-refractivity contribution >= 4 is 20.2 Å². The molecule has 1 rings (SSSR count). The van der Waals surface area contributed by atoms with Gasteiger partial charge in [0, 0.05) is 13.0 Å². The van der Waals surface area contributed by atoms with Gasteiger partial charge in [0.1, 0.15) is 6.10 Å². The van der Waals surface area contributed by atoms with Crippen molar-refractivity contribution in [2.24, 2.45) is 0 Å². The van der Waals surface area contributed by atoms with E-state index < -0.39 is 26.3 Å². The van der Waals surface area contributed by atoms with Crippen molar-refractivity contribution in [3.63, 3.8) is 0 Å². The van der Waals surface area contributed by atoms with Crippen molar-refractivity contribution in [2.75, 3.05) is 25.7 Å². The van der Waals surface area contributed by atoms with E-state index >= 15 is 0 Å². The second-order valence-corrected chi connectivity index (χ2v) is 7.98. The predicted octanol–water partition coefficient (Wildman–Crippen LogP) is 0.914. The Morgan fingerprint density at radius 2 is 1.64 bits per heavy atom. The van der Waals surface area contributed by atoms with Gasteiger partial charge in [0.25, 0.3) is 20.2 Å². The Hall–Kier alpha value is -1.00. The van der Waals surface area contributed by atoms with Gasteiger partial charge in [0.15, 0.2) is 0 Å². The maximum Gasteiger partial charge on any atom is 0.264 e. The van der Waals surface area contributed by atoms with Crippen molar-refractivity contribution in [3.05, 3.63) is 35.9 Å². The minimum absolute atomic E-state index is 0.190. The number of ether oxygens (including phenoxy) is 1. The molecule has 0 aliphatic heterocycles. The van der Waals surface area contributed by atoms with Crippen LogP contribution in [0.5, 0.6) is 0 Å². The molecule has 1 aromatic carbocycles. The molecule has 1 atom stereocenters. The van der Waals surface area contributed by atoms with Crippen molar-refractivity contribution < 1.29 is 29.9 Å². The molecule has 1 aromatic rings. The Kier molecular flexibility index (Phi) is 7.43. The topological polar surface area (TPSA) is 96.0 Å². The maximum absolute atomic E-state index is 11.2. The lowest BCUT2D eigenvalue weighted by Gasteiger charge is -2.15. The smallest absolute Gasteiger partial charge is 0.264 e. The highest BCUT2D eigenvalue weighted by Gasteiger charge is 2.18. The van der Waals surface area contributed by atoms with Gasteiger partial charge in [-0.3, -0.25) is 8.37 Å². The van der Waals surface area contributed by atoms with Crippen molar-refractivity contribution in [3.8, 4) is 0 Å². The Balaban J connectivity index is 2.43. The van der Waals surface area contributed by atoms with E-state index in [1.54, 1.807) is 0 Å². The maximum atomic E-state index is 11.2. The van der Waals surface area contributed by atoms with Crippen LogP contribution in [0.4, 0.5) is 0 Å². The van der Waals surface area contributed by atoms with Gasteiger partial charge in [0.05, 0.1) is 25.7 Å². The fourth-order valence-electron chi connectivity index (χ4n) is 1.58. The molecule has 0 amide bonds. The summed E-state index contributed by atoms with van der Waals surface area (Å²) >= 11 is 0. The minimum atomic E-state index is -3.71.